The van der Waals surface area contributed by atoms with Crippen LogP contribution in [0.3, 0.4) is 0 Å². The Kier molecular flexibility index (Phi) is 17.7. The molecule has 35 heteroatoms. The molecule has 0 fully saturated rings. The van der Waals surface area contributed by atoms with Crippen LogP contribution in [0.25, 0.3) is 50.1 Å². The molecule has 1 atom stereocenters. The molecule has 68 radical (unpaired) electrons. The first-order valence-electron chi connectivity index (χ1n) is 26.3. The highest BCUT2D eigenvalue weighted by Crippen LogP contribution is 2.59. The molecule has 0 saturated carbocycles. The van der Waals surface area contributed by atoms with Crippen molar-refractivity contribution in [2.75, 3.05) is 4.90 Å². The number of hydrogen-bond acceptors (Lipinski definition) is 1. The number of benzene rings is 8. The molecule has 332 valence electrons. The van der Waals surface area contributed by atoms with Crippen LogP contribution in [-0.2, 0) is 5.41 Å². The fraction of sp³-hybridized carbons (Fsp3) is 0.0182. The number of allylic oxidation sites excluding steroid dienone is 5. The van der Waals surface area contributed by atoms with Gasteiger partial charge in [-0.1, -0.05) is 132 Å². The van der Waals surface area contributed by atoms with Gasteiger partial charge in [-0.3, -0.25) is 0 Å². The summed E-state index contributed by atoms with van der Waals surface area (Å²) >= 11 is 0. The number of rotatable bonds is 8. The Morgan fingerprint density at radius 3 is 1.03 bits per heavy atom. The van der Waals surface area contributed by atoms with Gasteiger partial charge < -0.3 is 4.90 Å². The summed E-state index contributed by atoms with van der Waals surface area (Å²) < 4.78 is 0. The molecule has 2 aliphatic carbocycles. The standard InChI is InChI=1S/C55H5B34N/c1-5(56)23(60)37(74)19-16-22(39(76)46(83)42(79)32(16)69)55(54(19)89)20-14(15-21(55)38(75)45(82)41(78)31(15)68)30(67)27(64)12(26(20)63)6-2-9(58)11(4-8(6)57)90(52-48(85)28(65)13(29(66)49(52)86)7-3-10(59)25(62)40(77)24(7)61)53-50(87)35(72)18(36(73)51(53)88)17-33(70)43(80)47(84)44(81)34(17)71/h2-4H,1H2/b37-23-. The Hall–Kier alpha value is -5.01. The third-order valence-corrected chi connectivity index (χ3v) is 17.3. The van der Waals surface area contributed by atoms with Crippen molar-refractivity contribution in [3.63, 3.8) is 0 Å². The zero-order valence-electron chi connectivity index (χ0n) is 48.0. The summed E-state index contributed by atoms with van der Waals surface area (Å²) in [5.74, 6) is 0. The summed E-state index contributed by atoms with van der Waals surface area (Å²) in [5, 5.41) is 0. The van der Waals surface area contributed by atoms with Crippen molar-refractivity contribution in [3.8, 4) is 44.5 Å². The highest BCUT2D eigenvalue weighted by atomic mass is 15.2. The van der Waals surface area contributed by atoms with Gasteiger partial charge in [0.05, 0.1) is 5.41 Å². The average Bonchev–Trinajstić information content (AvgIpc) is 1.48. The maximum atomic E-state index is 7.62. The van der Waals surface area contributed by atoms with E-state index in [1.54, 1.807) is 0 Å². The van der Waals surface area contributed by atoms with Gasteiger partial charge >= 0.3 is 0 Å². The van der Waals surface area contributed by atoms with Crippen molar-refractivity contribution in [1.29, 1.82) is 0 Å². The third kappa shape index (κ3) is 9.14. The topological polar surface area (TPSA) is 3.24 Å². The van der Waals surface area contributed by atoms with E-state index >= 15 is 0 Å². The first kappa shape index (κ1) is 67.9. The van der Waals surface area contributed by atoms with Crippen molar-refractivity contribution >= 4 is 453 Å². The molecule has 0 aromatic heterocycles. The Bertz CT molecular complexity index is 4700. The first-order valence-corrected chi connectivity index (χ1v) is 26.3. The van der Waals surface area contributed by atoms with Crippen molar-refractivity contribution in [2.45, 2.75) is 5.41 Å². The smallest absolute Gasteiger partial charge is 0.116 e. The van der Waals surface area contributed by atoms with Gasteiger partial charge in [0, 0.05) is 17.1 Å². The Morgan fingerprint density at radius 2 is 0.589 bits per heavy atom. The summed E-state index contributed by atoms with van der Waals surface area (Å²) in [4.78, 5) is 1.24. The Morgan fingerprint density at radius 1 is 0.278 bits per heavy atom. The fourth-order valence-electron chi connectivity index (χ4n) is 12.5. The minimum atomic E-state index is -2.11. The molecule has 0 saturated heterocycles. The van der Waals surface area contributed by atoms with Gasteiger partial charge in [0.25, 0.3) is 0 Å². The lowest BCUT2D eigenvalue weighted by molar-refractivity contribution is 0.825. The lowest BCUT2D eigenvalue weighted by Crippen LogP contribution is -2.57. The van der Waals surface area contributed by atoms with E-state index in [4.69, 9.17) is 267 Å². The summed E-state index contributed by atoms with van der Waals surface area (Å²) in [6.07, 6.45) is 0. The van der Waals surface area contributed by atoms with Crippen LogP contribution in [0.2, 0.25) is 0 Å². The maximum Gasteiger partial charge on any atom is 0.116 e. The van der Waals surface area contributed by atoms with Crippen LogP contribution in [0.15, 0.2) is 46.7 Å². The zero-order valence-corrected chi connectivity index (χ0v) is 48.0. The fourth-order valence-corrected chi connectivity index (χ4v) is 12.5. The second-order valence-electron chi connectivity index (χ2n) is 21.9. The predicted octanol–water partition coefficient (Wildman–Crippen LogP) is -23.6. The molecule has 1 nitrogen and oxygen atoms in total. The lowest BCUT2D eigenvalue weighted by atomic mass is 9.52. The monoisotopic (exact) mass is 1050 g/mol. The predicted molar refractivity (Wildman–Crippen MR) is 417 cm³/mol. The van der Waals surface area contributed by atoms with Crippen LogP contribution >= 0.6 is 0 Å². The van der Waals surface area contributed by atoms with E-state index in [1.165, 1.54) is 23.1 Å². The van der Waals surface area contributed by atoms with Gasteiger partial charge in [0.1, 0.15) is 267 Å². The van der Waals surface area contributed by atoms with E-state index in [2.05, 4.69) is 6.58 Å². The van der Waals surface area contributed by atoms with Gasteiger partial charge in [-0.15, -0.1) is 72.2 Å². The molecule has 90 heavy (non-hydrogen) atoms. The van der Waals surface area contributed by atoms with Gasteiger partial charge in [-0.2, -0.15) is 0 Å². The van der Waals surface area contributed by atoms with Crippen LogP contribution in [0.1, 0.15) is 22.3 Å². The largest absolute Gasteiger partial charge is 0.314 e. The summed E-state index contributed by atoms with van der Waals surface area (Å²) in [6, 6.07) is 4.07. The highest BCUT2D eigenvalue weighted by molar-refractivity contribution is 6.74. The average molecular weight is 1050 g/mol. The van der Waals surface area contributed by atoms with Gasteiger partial charge in [-0.25, -0.2) is 0 Å². The van der Waals surface area contributed by atoms with Crippen molar-refractivity contribution in [1.82, 2.24) is 0 Å². The normalized spacial score (nSPS) is 14.2. The van der Waals surface area contributed by atoms with E-state index in [0.29, 0.717) is 0 Å². The first-order chi connectivity index (χ1) is 41.8. The van der Waals surface area contributed by atoms with Crippen LogP contribution in [0.5, 0.6) is 0 Å². The van der Waals surface area contributed by atoms with E-state index < -0.39 is 5.41 Å². The van der Waals surface area contributed by atoms with Crippen LogP contribution in [-0.4, -0.2) is 267 Å². The lowest BCUT2D eigenvalue weighted by Gasteiger charge is -2.39. The van der Waals surface area contributed by atoms with Gasteiger partial charge in [0.15, 0.2) is 0 Å². The number of hydrogen-bond donors (Lipinski definition) is 0. The van der Waals surface area contributed by atoms with E-state index in [-0.39, 0.29) is 275 Å². The number of fused-ring (bicyclic) bond motifs is 7. The Labute approximate surface area is 572 Å². The number of anilines is 3. The van der Waals surface area contributed by atoms with E-state index in [9.17, 15) is 0 Å². The molecule has 10 rings (SSSR count). The molecule has 2 aliphatic rings. The summed E-state index contributed by atoms with van der Waals surface area (Å²) in [5.41, 5.74) is -9.46. The molecule has 0 heterocycles. The molecule has 0 bridgehead atoms. The van der Waals surface area contributed by atoms with Gasteiger partial charge in [-0.05, 0) is 78.4 Å². The second-order valence-corrected chi connectivity index (χ2v) is 21.9. The molecule has 8 aromatic rings. The SMILES string of the molecule is [B]C(=C)/C([B])=C(/[B])C1=C([B])C2(c3c([B])c([B])c([B])c([B])c31)c1c([B])c([B])c([B])c([B])c1-c1c([B])c([B])c(-c3cc([B])c(N(c4c([B])c([B])c(-c5cc([B])c([B])c([B])c5[B])c([B])c4[B])c4c([B])c([B])c(-c5c([B])c([B])c([B])c([B])c5[B])c([B])c4[B])cc3[B])c([B])c12. The molecule has 1 unspecified atom stereocenters. The number of nitrogens with zero attached hydrogens (tertiary/aromatic N) is 1. The molecule has 8 aromatic carbocycles. The zero-order chi connectivity index (χ0) is 67.1. The molecular weight excluding hydrogens is 1040 g/mol. The molecule has 0 N–H and O–H groups in total. The van der Waals surface area contributed by atoms with Crippen molar-refractivity contribution < 1.29 is 0 Å². The highest BCUT2D eigenvalue weighted by Gasteiger charge is 2.55. The van der Waals surface area contributed by atoms with Crippen LogP contribution < -0.4 is 169 Å². The van der Waals surface area contributed by atoms with Crippen molar-refractivity contribution in [2.24, 2.45) is 0 Å². The molecular formula is C55H5B34N. The minimum absolute atomic E-state index is 0.00237. The van der Waals surface area contributed by atoms with E-state index in [1.807, 2.05) is 0 Å². The molecule has 1 spiro atoms. The van der Waals surface area contributed by atoms with Crippen molar-refractivity contribution in [3.05, 3.63) is 68.9 Å². The quantitative estimate of drug-likeness (QED) is 0.108. The minimum Gasteiger partial charge on any atom is -0.314 e. The maximum absolute atomic E-state index is 7.62. The molecule has 0 aliphatic heterocycles. The van der Waals surface area contributed by atoms with Crippen LogP contribution in [0.4, 0.5) is 17.1 Å². The van der Waals surface area contributed by atoms with Gasteiger partial charge in [0.2, 0.25) is 0 Å². The van der Waals surface area contributed by atoms with E-state index in [0.717, 1.165) is 0 Å². The third-order valence-electron chi connectivity index (χ3n) is 17.3. The summed E-state index contributed by atoms with van der Waals surface area (Å²) in [6.45, 7) is 3.77. The summed E-state index contributed by atoms with van der Waals surface area (Å²) in [7, 11) is 232. The Balaban J connectivity index is 1.34. The molecule has 0 amide bonds. The van der Waals surface area contributed by atoms with Crippen LogP contribution in [0, 0.1) is 0 Å². The second kappa shape index (κ2) is 23.5.